The first-order valence-corrected chi connectivity index (χ1v) is 3.59. The summed E-state index contributed by atoms with van der Waals surface area (Å²) in [6.45, 7) is 3.00. The van der Waals surface area contributed by atoms with Crippen molar-refractivity contribution in [3.05, 3.63) is 0 Å². The van der Waals surface area contributed by atoms with Gasteiger partial charge in [-0.1, -0.05) is 0 Å². The Balaban J connectivity index is 3.96. The van der Waals surface area contributed by atoms with E-state index in [1.54, 1.807) is 20.9 Å². The van der Waals surface area contributed by atoms with Crippen LogP contribution < -0.4 is 10.6 Å². The van der Waals surface area contributed by atoms with E-state index in [-0.39, 0.29) is 12.5 Å². The second kappa shape index (κ2) is 4.06. The number of carboxylic acids is 1. The second-order valence-corrected chi connectivity index (χ2v) is 2.95. The summed E-state index contributed by atoms with van der Waals surface area (Å²) in [6.07, 6.45) is 0. The molecule has 0 aromatic rings. The Morgan fingerprint density at radius 3 is 2.25 bits per heavy atom. The third-order valence-electron chi connectivity index (χ3n) is 1.59. The van der Waals surface area contributed by atoms with Crippen LogP contribution in [-0.2, 0) is 9.59 Å². The molecule has 0 aromatic carbocycles. The summed E-state index contributed by atoms with van der Waals surface area (Å²) in [5.41, 5.74) is -0.727. The number of carbonyl (C=O) groups excluding carboxylic acids is 1. The number of hydrogen-bond donors (Lipinski definition) is 3. The van der Waals surface area contributed by atoms with Crippen molar-refractivity contribution in [2.24, 2.45) is 0 Å². The maximum atomic E-state index is 11.2. The molecule has 0 unspecified atom stereocenters. The fraction of sp³-hybridized carbons (Fsp3) is 0.714. The van der Waals surface area contributed by atoms with Crippen LogP contribution in [0.2, 0.25) is 0 Å². The minimum atomic E-state index is -1.05. The molecule has 12 heavy (non-hydrogen) atoms. The third-order valence-corrected chi connectivity index (χ3v) is 1.59. The van der Waals surface area contributed by atoms with Crippen LogP contribution in [0.4, 0.5) is 0 Å². The molecule has 0 saturated heterocycles. The summed E-state index contributed by atoms with van der Waals surface area (Å²) in [7, 11) is 1.64. The fourth-order valence-electron chi connectivity index (χ4n) is 0.490. The normalized spacial score (nSPS) is 10.9. The van der Waals surface area contributed by atoms with Gasteiger partial charge in [0.05, 0.1) is 5.54 Å². The Morgan fingerprint density at radius 2 is 1.92 bits per heavy atom. The number of carboxylic acid groups (broad SMARTS) is 1. The molecule has 3 N–H and O–H groups in total. The van der Waals surface area contributed by atoms with Gasteiger partial charge in [-0.05, 0) is 20.9 Å². The van der Waals surface area contributed by atoms with Gasteiger partial charge < -0.3 is 15.7 Å². The average molecular weight is 174 g/mol. The fourth-order valence-corrected chi connectivity index (χ4v) is 0.490. The molecular formula is C7H14N2O3. The molecule has 0 aromatic heterocycles. The van der Waals surface area contributed by atoms with E-state index in [2.05, 4.69) is 10.6 Å². The molecule has 0 aliphatic rings. The lowest BCUT2D eigenvalue weighted by Gasteiger charge is -2.21. The van der Waals surface area contributed by atoms with Gasteiger partial charge in [0.15, 0.2) is 0 Å². The van der Waals surface area contributed by atoms with Crippen molar-refractivity contribution in [1.29, 1.82) is 0 Å². The van der Waals surface area contributed by atoms with Crippen LogP contribution >= 0.6 is 0 Å². The molecule has 0 saturated carbocycles. The van der Waals surface area contributed by atoms with Crippen LogP contribution in [0.3, 0.4) is 0 Å². The van der Waals surface area contributed by atoms with Crippen molar-refractivity contribution in [1.82, 2.24) is 10.6 Å². The van der Waals surface area contributed by atoms with E-state index in [9.17, 15) is 9.59 Å². The molecule has 1 amide bonds. The maximum absolute atomic E-state index is 11.2. The van der Waals surface area contributed by atoms with Crippen molar-refractivity contribution < 1.29 is 14.7 Å². The van der Waals surface area contributed by atoms with E-state index in [4.69, 9.17) is 5.11 Å². The standard InChI is InChI=1S/C7H14N2O3/c1-7(2,8-3)6(12)9-4-5(10)11/h8H,4H2,1-3H3,(H,9,12)(H,10,11). The van der Waals surface area contributed by atoms with Crippen LogP contribution in [0.15, 0.2) is 0 Å². The highest BCUT2D eigenvalue weighted by Gasteiger charge is 2.24. The molecular weight excluding hydrogens is 160 g/mol. The molecule has 5 nitrogen and oxygen atoms in total. The first-order chi connectivity index (χ1) is 5.40. The molecule has 0 fully saturated rings. The van der Waals surface area contributed by atoms with Gasteiger partial charge in [0.25, 0.3) is 0 Å². The Hall–Kier alpha value is -1.10. The maximum Gasteiger partial charge on any atom is 0.322 e. The zero-order valence-corrected chi connectivity index (χ0v) is 7.47. The Kier molecular flexibility index (Phi) is 3.69. The quantitative estimate of drug-likeness (QED) is 0.520. The summed E-state index contributed by atoms with van der Waals surface area (Å²) >= 11 is 0. The smallest absolute Gasteiger partial charge is 0.322 e. The number of rotatable bonds is 4. The molecule has 0 bridgehead atoms. The molecule has 0 radical (unpaired) electrons. The number of likely N-dealkylation sites (N-methyl/N-ethyl adjacent to an activating group) is 1. The van der Waals surface area contributed by atoms with E-state index >= 15 is 0 Å². The van der Waals surface area contributed by atoms with E-state index in [0.29, 0.717) is 0 Å². The van der Waals surface area contributed by atoms with Crippen LogP contribution in [0, 0.1) is 0 Å². The van der Waals surface area contributed by atoms with E-state index in [1.165, 1.54) is 0 Å². The van der Waals surface area contributed by atoms with E-state index in [1.807, 2.05) is 0 Å². The predicted octanol–water partition coefficient (Wildman–Crippen LogP) is -0.815. The van der Waals surface area contributed by atoms with Crippen LogP contribution in [-0.4, -0.2) is 36.1 Å². The average Bonchev–Trinajstić information content (AvgIpc) is 2.00. The minimum Gasteiger partial charge on any atom is -0.480 e. The molecule has 0 rings (SSSR count). The summed E-state index contributed by atoms with van der Waals surface area (Å²) in [4.78, 5) is 21.2. The van der Waals surface area contributed by atoms with Crippen molar-refractivity contribution >= 4 is 11.9 Å². The molecule has 70 valence electrons. The van der Waals surface area contributed by atoms with Gasteiger partial charge in [0, 0.05) is 0 Å². The monoisotopic (exact) mass is 174 g/mol. The molecule has 0 spiro atoms. The van der Waals surface area contributed by atoms with Crippen LogP contribution in [0.5, 0.6) is 0 Å². The predicted molar refractivity (Wildman–Crippen MR) is 43.8 cm³/mol. The first kappa shape index (κ1) is 10.9. The van der Waals surface area contributed by atoms with Gasteiger partial charge in [0.1, 0.15) is 6.54 Å². The lowest BCUT2D eigenvalue weighted by atomic mass is 10.1. The lowest BCUT2D eigenvalue weighted by Crippen LogP contribution is -2.52. The summed E-state index contributed by atoms with van der Waals surface area (Å²) < 4.78 is 0. The van der Waals surface area contributed by atoms with E-state index in [0.717, 1.165) is 0 Å². The number of amides is 1. The summed E-state index contributed by atoms with van der Waals surface area (Å²) in [6, 6.07) is 0. The third kappa shape index (κ3) is 3.34. The van der Waals surface area contributed by atoms with Gasteiger partial charge in [-0.15, -0.1) is 0 Å². The summed E-state index contributed by atoms with van der Waals surface area (Å²) in [5, 5.41) is 13.3. The highest BCUT2D eigenvalue weighted by atomic mass is 16.4. The molecule has 0 aliphatic heterocycles. The van der Waals surface area contributed by atoms with Crippen molar-refractivity contribution in [3.8, 4) is 0 Å². The lowest BCUT2D eigenvalue weighted by molar-refractivity contribution is -0.138. The van der Waals surface area contributed by atoms with Crippen molar-refractivity contribution in [2.75, 3.05) is 13.6 Å². The Morgan fingerprint density at radius 1 is 1.42 bits per heavy atom. The van der Waals surface area contributed by atoms with E-state index < -0.39 is 11.5 Å². The van der Waals surface area contributed by atoms with Gasteiger partial charge in [-0.25, -0.2) is 0 Å². The first-order valence-electron chi connectivity index (χ1n) is 3.59. The van der Waals surface area contributed by atoms with Crippen molar-refractivity contribution in [3.63, 3.8) is 0 Å². The van der Waals surface area contributed by atoms with Gasteiger partial charge in [-0.3, -0.25) is 9.59 Å². The zero-order valence-electron chi connectivity index (χ0n) is 7.47. The topological polar surface area (TPSA) is 78.4 Å². The van der Waals surface area contributed by atoms with Crippen LogP contribution in [0.1, 0.15) is 13.8 Å². The molecule has 5 heteroatoms. The zero-order chi connectivity index (χ0) is 9.78. The SMILES string of the molecule is CNC(C)(C)C(=O)NCC(=O)O. The largest absolute Gasteiger partial charge is 0.480 e. The molecule has 0 heterocycles. The van der Waals surface area contributed by atoms with Crippen molar-refractivity contribution in [2.45, 2.75) is 19.4 Å². The molecule has 0 aliphatic carbocycles. The highest BCUT2D eigenvalue weighted by Crippen LogP contribution is 1.99. The summed E-state index contributed by atoms with van der Waals surface area (Å²) in [5.74, 6) is -1.37. The van der Waals surface area contributed by atoms with Gasteiger partial charge in [0.2, 0.25) is 5.91 Å². The van der Waals surface area contributed by atoms with Crippen LogP contribution in [0.25, 0.3) is 0 Å². The second-order valence-electron chi connectivity index (χ2n) is 2.95. The number of carbonyl (C=O) groups is 2. The molecule has 0 atom stereocenters. The number of nitrogens with one attached hydrogen (secondary N) is 2. The number of aliphatic carboxylic acids is 1. The van der Waals surface area contributed by atoms with Gasteiger partial charge >= 0.3 is 5.97 Å². The number of hydrogen-bond acceptors (Lipinski definition) is 3. The van der Waals surface area contributed by atoms with Gasteiger partial charge in [-0.2, -0.15) is 0 Å². The Labute approximate surface area is 71.1 Å². The highest BCUT2D eigenvalue weighted by molar-refractivity contribution is 5.88. The Bertz CT molecular complexity index is 189. The minimum absolute atomic E-state index is 0.326.